The lowest BCUT2D eigenvalue weighted by atomic mass is 10.0. The van der Waals surface area contributed by atoms with E-state index in [1.54, 1.807) is 12.1 Å². The van der Waals surface area contributed by atoms with Gasteiger partial charge in [-0.2, -0.15) is 0 Å². The maximum atomic E-state index is 11.1. The van der Waals surface area contributed by atoms with Crippen LogP contribution in [0.5, 0.6) is 0 Å². The van der Waals surface area contributed by atoms with Crippen LogP contribution < -0.4 is 0 Å². The average molecular weight is 242 g/mol. The average Bonchev–Trinajstić information content (AvgIpc) is 2.35. The molecule has 2 unspecified atom stereocenters. The Labute approximate surface area is 98.2 Å². The van der Waals surface area contributed by atoms with Crippen molar-refractivity contribution in [2.45, 2.75) is 17.1 Å². The van der Waals surface area contributed by atoms with Crippen LogP contribution in [0.15, 0.2) is 29.2 Å². The first-order valence-electron chi connectivity index (χ1n) is 4.68. The number of rotatable bonds is 4. The Bertz CT molecular complexity index is 367. The second-order valence-corrected chi connectivity index (χ2v) is 4.00. The van der Waals surface area contributed by atoms with Crippen LogP contribution in [-0.2, 0) is 9.53 Å². The third-order valence-electron chi connectivity index (χ3n) is 2.20. The number of carbonyl (C=O) groups is 1. The zero-order chi connectivity index (χ0) is 12.1. The standard InChI is InChI=1S/C11H14O4S/c1-15-11(14)10(13)9(12)7-5-3-4-6-8(7)16-2/h3-6,9-10,12-13H,1-2H3. The predicted molar refractivity (Wildman–Crippen MR) is 61.2 cm³/mol. The summed E-state index contributed by atoms with van der Waals surface area (Å²) in [4.78, 5) is 11.9. The predicted octanol–water partition coefficient (Wildman–Crippen LogP) is 0.976. The summed E-state index contributed by atoms with van der Waals surface area (Å²) in [6, 6.07) is 7.05. The number of ether oxygens (including phenoxy) is 1. The molecule has 0 fully saturated rings. The lowest BCUT2D eigenvalue weighted by Crippen LogP contribution is -2.29. The molecule has 1 rings (SSSR count). The summed E-state index contributed by atoms with van der Waals surface area (Å²) in [7, 11) is 1.17. The number of carbonyl (C=O) groups excluding carboxylic acids is 1. The van der Waals surface area contributed by atoms with E-state index in [1.165, 1.54) is 18.9 Å². The van der Waals surface area contributed by atoms with Gasteiger partial charge in [-0.3, -0.25) is 0 Å². The van der Waals surface area contributed by atoms with E-state index in [0.717, 1.165) is 4.90 Å². The van der Waals surface area contributed by atoms with E-state index in [4.69, 9.17) is 0 Å². The number of aliphatic hydroxyl groups excluding tert-OH is 2. The molecule has 0 radical (unpaired) electrons. The summed E-state index contributed by atoms with van der Waals surface area (Å²) in [6.45, 7) is 0. The smallest absolute Gasteiger partial charge is 0.337 e. The summed E-state index contributed by atoms with van der Waals surface area (Å²) in [5, 5.41) is 19.4. The van der Waals surface area contributed by atoms with Crippen molar-refractivity contribution >= 4 is 17.7 Å². The van der Waals surface area contributed by atoms with E-state index in [1.807, 2.05) is 18.4 Å². The van der Waals surface area contributed by atoms with E-state index < -0.39 is 18.2 Å². The van der Waals surface area contributed by atoms with Crippen LogP contribution in [0, 0.1) is 0 Å². The van der Waals surface area contributed by atoms with Gasteiger partial charge in [-0.1, -0.05) is 18.2 Å². The van der Waals surface area contributed by atoms with E-state index in [-0.39, 0.29) is 0 Å². The van der Waals surface area contributed by atoms with Gasteiger partial charge >= 0.3 is 5.97 Å². The number of methoxy groups -OCH3 is 1. The van der Waals surface area contributed by atoms with Crippen LogP contribution in [0.4, 0.5) is 0 Å². The Hall–Kier alpha value is -1.04. The molecule has 0 bridgehead atoms. The summed E-state index contributed by atoms with van der Waals surface area (Å²) >= 11 is 1.44. The molecule has 0 aliphatic rings. The molecule has 1 aromatic rings. The van der Waals surface area contributed by atoms with E-state index in [9.17, 15) is 15.0 Å². The van der Waals surface area contributed by atoms with Crippen LogP contribution in [0.25, 0.3) is 0 Å². The first kappa shape index (κ1) is 13.0. The maximum Gasteiger partial charge on any atom is 0.337 e. The molecule has 88 valence electrons. The Morgan fingerprint density at radius 2 is 2.00 bits per heavy atom. The number of aliphatic hydroxyl groups is 2. The highest BCUT2D eigenvalue weighted by Gasteiger charge is 2.27. The molecule has 16 heavy (non-hydrogen) atoms. The van der Waals surface area contributed by atoms with Gasteiger partial charge in [0.05, 0.1) is 7.11 Å². The third kappa shape index (κ3) is 2.75. The topological polar surface area (TPSA) is 66.8 Å². The maximum absolute atomic E-state index is 11.1. The molecule has 0 saturated heterocycles. The fourth-order valence-electron chi connectivity index (χ4n) is 1.33. The first-order chi connectivity index (χ1) is 7.61. The Balaban J connectivity index is 2.95. The van der Waals surface area contributed by atoms with Crippen molar-refractivity contribution in [3.63, 3.8) is 0 Å². The van der Waals surface area contributed by atoms with Gasteiger partial charge in [0.1, 0.15) is 6.10 Å². The quantitative estimate of drug-likeness (QED) is 0.608. The largest absolute Gasteiger partial charge is 0.467 e. The Kier molecular flexibility index (Phi) is 4.79. The highest BCUT2D eigenvalue weighted by Crippen LogP contribution is 2.27. The van der Waals surface area contributed by atoms with Gasteiger partial charge in [-0.25, -0.2) is 4.79 Å². The molecule has 0 aliphatic heterocycles. The summed E-state index contributed by atoms with van der Waals surface area (Å²) in [6.07, 6.45) is -0.967. The lowest BCUT2D eigenvalue weighted by Gasteiger charge is -2.18. The van der Waals surface area contributed by atoms with Crippen molar-refractivity contribution < 1.29 is 19.7 Å². The Morgan fingerprint density at radius 1 is 1.38 bits per heavy atom. The number of thioether (sulfide) groups is 1. The van der Waals surface area contributed by atoms with E-state index in [0.29, 0.717) is 5.56 Å². The molecule has 0 amide bonds. The van der Waals surface area contributed by atoms with Crippen LogP contribution in [-0.4, -0.2) is 35.7 Å². The molecule has 2 atom stereocenters. The van der Waals surface area contributed by atoms with Crippen LogP contribution in [0.2, 0.25) is 0 Å². The van der Waals surface area contributed by atoms with Crippen molar-refractivity contribution in [2.75, 3.05) is 13.4 Å². The second-order valence-electron chi connectivity index (χ2n) is 3.15. The van der Waals surface area contributed by atoms with Crippen molar-refractivity contribution in [3.05, 3.63) is 29.8 Å². The molecule has 2 N–H and O–H groups in total. The molecule has 0 aromatic heterocycles. The molecule has 0 saturated carbocycles. The van der Waals surface area contributed by atoms with E-state index >= 15 is 0 Å². The first-order valence-corrected chi connectivity index (χ1v) is 5.91. The molecule has 5 heteroatoms. The van der Waals surface area contributed by atoms with Gasteiger partial charge in [0.25, 0.3) is 0 Å². The minimum Gasteiger partial charge on any atom is -0.467 e. The van der Waals surface area contributed by atoms with E-state index in [2.05, 4.69) is 4.74 Å². The van der Waals surface area contributed by atoms with Gasteiger partial charge in [0, 0.05) is 4.90 Å². The van der Waals surface area contributed by atoms with Crippen molar-refractivity contribution in [2.24, 2.45) is 0 Å². The van der Waals surface area contributed by atoms with Gasteiger partial charge in [-0.05, 0) is 17.9 Å². The normalized spacial score (nSPS) is 14.2. The highest BCUT2D eigenvalue weighted by molar-refractivity contribution is 7.98. The molecular weight excluding hydrogens is 228 g/mol. The minimum absolute atomic E-state index is 0.521. The molecule has 0 spiro atoms. The molecule has 0 heterocycles. The highest BCUT2D eigenvalue weighted by atomic mass is 32.2. The minimum atomic E-state index is -1.56. The lowest BCUT2D eigenvalue weighted by molar-refractivity contribution is -0.156. The number of hydrogen-bond donors (Lipinski definition) is 2. The molecule has 1 aromatic carbocycles. The summed E-state index contributed by atoms with van der Waals surface area (Å²) in [5.41, 5.74) is 0.521. The monoisotopic (exact) mass is 242 g/mol. The van der Waals surface area contributed by atoms with Gasteiger partial charge in [-0.15, -0.1) is 11.8 Å². The molecular formula is C11H14O4S. The second kappa shape index (κ2) is 5.89. The molecule has 0 aliphatic carbocycles. The number of esters is 1. The molecule has 4 nitrogen and oxygen atoms in total. The third-order valence-corrected chi connectivity index (χ3v) is 3.01. The fraction of sp³-hybridized carbons (Fsp3) is 0.364. The van der Waals surface area contributed by atoms with Crippen LogP contribution >= 0.6 is 11.8 Å². The summed E-state index contributed by atoms with van der Waals surface area (Å²) in [5.74, 6) is -0.844. The van der Waals surface area contributed by atoms with Gasteiger partial charge in [0.15, 0.2) is 6.10 Å². The Morgan fingerprint density at radius 3 is 2.56 bits per heavy atom. The van der Waals surface area contributed by atoms with Crippen molar-refractivity contribution in [1.82, 2.24) is 0 Å². The zero-order valence-corrected chi connectivity index (χ0v) is 9.90. The number of hydrogen-bond acceptors (Lipinski definition) is 5. The zero-order valence-electron chi connectivity index (χ0n) is 9.08. The fourth-order valence-corrected chi connectivity index (χ4v) is 1.97. The van der Waals surface area contributed by atoms with Crippen LogP contribution in [0.1, 0.15) is 11.7 Å². The SMILES string of the molecule is COC(=O)C(O)C(O)c1ccccc1SC. The van der Waals surface area contributed by atoms with Crippen LogP contribution in [0.3, 0.4) is 0 Å². The number of benzene rings is 1. The summed E-state index contributed by atoms with van der Waals surface area (Å²) < 4.78 is 4.37. The van der Waals surface area contributed by atoms with Gasteiger partial charge < -0.3 is 14.9 Å². The van der Waals surface area contributed by atoms with Crippen molar-refractivity contribution in [1.29, 1.82) is 0 Å². The van der Waals surface area contributed by atoms with Crippen molar-refractivity contribution in [3.8, 4) is 0 Å². The van der Waals surface area contributed by atoms with Gasteiger partial charge in [0.2, 0.25) is 0 Å².